The number of ether oxygens (including phenoxy) is 2. The second-order valence-electron chi connectivity index (χ2n) is 16.0. The number of hydrogen-bond donors (Lipinski definition) is 0. The lowest BCUT2D eigenvalue weighted by molar-refractivity contribution is -0.617. The molecule has 7 rings (SSSR count). The molecule has 47 heavy (non-hydrogen) atoms. The second kappa shape index (κ2) is 17.2. The van der Waals surface area contributed by atoms with E-state index in [1.165, 1.54) is 77.0 Å². The zero-order valence-electron chi connectivity index (χ0n) is 29.6. The van der Waals surface area contributed by atoms with E-state index in [2.05, 4.69) is 21.4 Å². The molecule has 0 bridgehead atoms. The van der Waals surface area contributed by atoms with Crippen LogP contribution < -0.4 is 0 Å². The fourth-order valence-corrected chi connectivity index (χ4v) is 11.1. The van der Waals surface area contributed by atoms with Crippen molar-refractivity contribution in [2.45, 2.75) is 142 Å². The Labute approximate surface area is 285 Å². The minimum absolute atomic E-state index is 0.0108. The maximum absolute atomic E-state index is 12.4. The molecule has 0 atom stereocenters. The van der Waals surface area contributed by atoms with Crippen LogP contribution in [-0.2, 0) is 25.6 Å². The minimum atomic E-state index is -0.0108. The number of carbonyl (C=O) groups excluding carboxylic acids is 2. The van der Waals surface area contributed by atoms with E-state index < -0.39 is 0 Å². The van der Waals surface area contributed by atoms with Gasteiger partial charge in [-0.1, -0.05) is 84.0 Å². The average Bonchev–Trinajstić information content (AvgIpc) is 3.61. The van der Waals surface area contributed by atoms with Gasteiger partial charge in [0, 0.05) is 37.2 Å². The zero-order valence-corrected chi connectivity index (χ0v) is 29.6. The van der Waals surface area contributed by atoms with Gasteiger partial charge >= 0.3 is 11.9 Å². The average molecular weight is 652 g/mol. The molecule has 6 aliphatic rings. The first-order valence-corrected chi connectivity index (χ1v) is 20.2. The van der Waals surface area contributed by atoms with Crippen molar-refractivity contribution in [2.75, 3.05) is 32.8 Å². The van der Waals surface area contributed by atoms with Crippen LogP contribution in [0.5, 0.6) is 0 Å². The number of nitrogens with zero attached hydrogens (tertiary/aromatic N) is 3. The Balaban J connectivity index is 0.741. The Bertz CT molecular complexity index is 1050. The molecule has 1 aromatic rings. The molecule has 6 saturated carbocycles. The third-order valence-electron chi connectivity index (χ3n) is 13.3. The maximum atomic E-state index is 12.4. The summed E-state index contributed by atoms with van der Waals surface area (Å²) in [6, 6.07) is 0. The van der Waals surface area contributed by atoms with E-state index >= 15 is 0 Å². The van der Waals surface area contributed by atoms with Gasteiger partial charge in [-0.3, -0.25) is 9.59 Å². The Kier molecular flexibility index (Phi) is 12.8. The number of aryl methyl sites for hydroxylation is 1. The van der Waals surface area contributed by atoms with Crippen LogP contribution in [0.2, 0.25) is 0 Å². The van der Waals surface area contributed by atoms with Crippen molar-refractivity contribution >= 4 is 11.9 Å². The van der Waals surface area contributed by atoms with Crippen LogP contribution in [0.1, 0.15) is 135 Å². The summed E-state index contributed by atoms with van der Waals surface area (Å²) in [5.41, 5.74) is 0.497. The number of rotatable bonds is 30. The monoisotopic (exact) mass is 651 g/mol. The molecule has 6 aliphatic carbocycles. The Morgan fingerprint density at radius 1 is 0.660 bits per heavy atom. The van der Waals surface area contributed by atoms with Gasteiger partial charge in [-0.2, -0.15) is 0 Å². The summed E-state index contributed by atoms with van der Waals surface area (Å²) >= 11 is 0. The van der Waals surface area contributed by atoms with Crippen molar-refractivity contribution in [3.63, 3.8) is 0 Å². The summed E-state index contributed by atoms with van der Waals surface area (Å²) in [4.78, 5) is 31.3. The van der Waals surface area contributed by atoms with Crippen molar-refractivity contribution < 1.29 is 19.1 Å². The van der Waals surface area contributed by atoms with E-state index in [-0.39, 0.29) is 11.9 Å². The smallest absolute Gasteiger partial charge is 0.305 e. The summed E-state index contributed by atoms with van der Waals surface area (Å²) in [5.74, 6) is 7.29. The number of carbonyl (C=O) groups is 2. The van der Waals surface area contributed by atoms with Gasteiger partial charge in [0.25, 0.3) is 0 Å². The third-order valence-corrected chi connectivity index (χ3v) is 13.3. The third kappa shape index (κ3) is 7.65. The maximum Gasteiger partial charge on any atom is 0.305 e. The lowest BCUT2D eigenvalue weighted by Gasteiger charge is -3.07. The molecule has 7 nitrogen and oxygen atoms in total. The van der Waals surface area contributed by atoms with Gasteiger partial charge in [-0.25, -0.2) is 4.98 Å². The van der Waals surface area contributed by atoms with Gasteiger partial charge in [0.05, 0.1) is 19.5 Å². The summed E-state index contributed by atoms with van der Waals surface area (Å²) < 4.78 is 13.4. The molecule has 6 fully saturated rings. The molecule has 0 radical (unpaired) electrons. The Morgan fingerprint density at radius 2 is 1.19 bits per heavy atom. The minimum Gasteiger partial charge on any atom is -0.466 e. The highest BCUT2D eigenvalue weighted by atomic mass is 16.5. The van der Waals surface area contributed by atoms with Crippen molar-refractivity contribution in [3.05, 3.63) is 18.7 Å². The molecular weight excluding hydrogens is 586 g/mol. The lowest BCUT2D eigenvalue weighted by Crippen LogP contribution is -3.06. The number of unbranched alkanes of at least 4 members (excludes halogenated alkanes) is 14. The normalized spacial score (nSPS) is 29.7. The molecule has 7 heteroatoms. The van der Waals surface area contributed by atoms with Crippen molar-refractivity contribution in [1.29, 1.82) is 0 Å². The van der Waals surface area contributed by atoms with Gasteiger partial charge in [0.2, 0.25) is 0 Å². The van der Waals surface area contributed by atoms with Crippen LogP contribution in [0.25, 0.3) is 0 Å². The van der Waals surface area contributed by atoms with E-state index in [0.29, 0.717) is 24.9 Å². The van der Waals surface area contributed by atoms with E-state index in [1.54, 1.807) is 0 Å². The highest BCUT2D eigenvalue weighted by Gasteiger charge is 3.04. The summed E-state index contributed by atoms with van der Waals surface area (Å²) in [6.45, 7) is 8.06. The summed E-state index contributed by atoms with van der Waals surface area (Å²) in [7, 11) is 0. The van der Waals surface area contributed by atoms with Gasteiger partial charge in [0.15, 0.2) is 0 Å². The van der Waals surface area contributed by atoms with E-state index in [9.17, 15) is 9.59 Å². The first-order chi connectivity index (χ1) is 23.2. The van der Waals surface area contributed by atoms with E-state index in [0.717, 1.165) is 113 Å². The Morgan fingerprint density at radius 3 is 1.79 bits per heavy atom. The first-order valence-electron chi connectivity index (χ1n) is 20.2. The van der Waals surface area contributed by atoms with Crippen LogP contribution in [-0.4, -0.2) is 59.2 Å². The van der Waals surface area contributed by atoms with Gasteiger partial charge < -0.3 is 18.9 Å². The van der Waals surface area contributed by atoms with E-state index in [4.69, 9.17) is 9.47 Å². The fraction of sp³-hybridized carbons (Fsp3) is 0.875. The SMILES string of the molecule is CCCCCCCCCOC(=O)CCCCCCCN(CCCCCCCC(=O)OCC12C3C4C5C3C1C5C42)CCCn1ccnc1. The van der Waals surface area contributed by atoms with E-state index in [1.807, 2.05) is 18.7 Å². The second-order valence-corrected chi connectivity index (χ2v) is 16.0. The number of hydrogen-bond acceptors (Lipinski definition) is 6. The number of esters is 2. The molecule has 0 N–H and O–H groups in total. The first kappa shape index (κ1) is 35.0. The Hall–Kier alpha value is -1.89. The highest BCUT2D eigenvalue weighted by Crippen LogP contribution is 3.05. The molecule has 0 spiro atoms. The predicted octanol–water partition coefficient (Wildman–Crippen LogP) is 8.46. The quantitative estimate of drug-likeness (QED) is 0.0614. The largest absolute Gasteiger partial charge is 0.466 e. The molecule has 0 amide bonds. The highest BCUT2D eigenvalue weighted by molar-refractivity contribution is 5.69. The molecule has 0 saturated heterocycles. The number of aromatic nitrogens is 2. The molecule has 0 unspecified atom stereocenters. The van der Waals surface area contributed by atoms with Crippen LogP contribution in [0.4, 0.5) is 0 Å². The number of imidazole rings is 1. The zero-order chi connectivity index (χ0) is 32.5. The fourth-order valence-electron chi connectivity index (χ4n) is 11.1. The molecule has 0 aromatic carbocycles. The van der Waals surface area contributed by atoms with Crippen LogP contribution in [0.3, 0.4) is 0 Å². The lowest BCUT2D eigenvalue weighted by atomic mass is 8.97. The van der Waals surface area contributed by atoms with Crippen molar-refractivity contribution in [1.82, 2.24) is 14.5 Å². The standard InChI is InChI=1S/C40H65N3O4/c1-2-3-4-5-6-13-18-28-46-31(44)20-14-9-7-11-16-23-42(25-19-26-43-27-22-41-30-43)24-17-12-8-10-15-21-32(45)47-29-40-37-34-33-35(37)39(40)36(33)38(34)40/h22,27,30,33-39H,2-21,23-26,28-29H2,1H3. The van der Waals surface area contributed by atoms with Crippen LogP contribution in [0, 0.1) is 46.8 Å². The summed E-state index contributed by atoms with van der Waals surface area (Å²) in [6.07, 6.45) is 28.4. The molecule has 0 aliphatic heterocycles. The molecular formula is C40H65N3O4. The van der Waals surface area contributed by atoms with Gasteiger partial charge in [-0.05, 0) is 99.6 Å². The van der Waals surface area contributed by atoms with Crippen molar-refractivity contribution in [2.24, 2.45) is 46.8 Å². The van der Waals surface area contributed by atoms with Gasteiger partial charge in [0.1, 0.15) is 0 Å². The summed E-state index contributed by atoms with van der Waals surface area (Å²) in [5, 5.41) is 0. The van der Waals surface area contributed by atoms with Crippen LogP contribution >= 0.6 is 0 Å². The van der Waals surface area contributed by atoms with Crippen LogP contribution in [0.15, 0.2) is 18.7 Å². The molecule has 1 aromatic heterocycles. The molecule has 264 valence electrons. The predicted molar refractivity (Wildman–Crippen MR) is 185 cm³/mol. The van der Waals surface area contributed by atoms with Gasteiger partial charge in [-0.15, -0.1) is 0 Å². The molecule has 1 heterocycles. The van der Waals surface area contributed by atoms with Crippen molar-refractivity contribution in [3.8, 4) is 0 Å². The topological polar surface area (TPSA) is 73.7 Å².